The molecule has 194 valence electrons. The summed E-state index contributed by atoms with van der Waals surface area (Å²) in [6.07, 6.45) is 6.54. The van der Waals surface area contributed by atoms with E-state index >= 15 is 0 Å². The summed E-state index contributed by atoms with van der Waals surface area (Å²) < 4.78 is 30.5. The zero-order valence-electron chi connectivity index (χ0n) is 23.4. The van der Waals surface area contributed by atoms with Crippen molar-refractivity contribution < 1.29 is 82.0 Å². The second kappa shape index (κ2) is 29.6. The molecule has 0 aliphatic heterocycles. The molecule has 0 heterocycles. The number of aliphatic carboxylic acids is 1. The minimum Gasteiger partial charge on any atom is -0.744 e. The molecular weight excluding hydrogens is 518 g/mol. The van der Waals surface area contributed by atoms with Crippen molar-refractivity contribution in [1.29, 1.82) is 0 Å². The molecular formula is C30H36Na2O5S. The van der Waals surface area contributed by atoms with Gasteiger partial charge in [0.2, 0.25) is 0 Å². The molecule has 2 aromatic carbocycles. The normalized spacial score (nSPS) is 8.53. The fourth-order valence-electron chi connectivity index (χ4n) is 1.32. The van der Waals surface area contributed by atoms with Crippen LogP contribution in [-0.4, -0.2) is 18.9 Å². The first kappa shape index (κ1) is 45.9. The van der Waals surface area contributed by atoms with Crippen molar-refractivity contribution in [2.24, 2.45) is 0 Å². The quantitative estimate of drug-likeness (QED) is 0.222. The second-order valence-corrected chi connectivity index (χ2v) is 8.25. The number of carbonyl (C=O) groups excluding carboxylic acids is 1. The maximum atomic E-state index is 10.2. The number of carbonyl (C=O) groups is 1. The van der Waals surface area contributed by atoms with Gasteiger partial charge < -0.3 is 14.5 Å². The van der Waals surface area contributed by atoms with E-state index in [0.29, 0.717) is 11.0 Å². The summed E-state index contributed by atoms with van der Waals surface area (Å²) in [6, 6.07) is 18.8. The SMILES string of the molecule is C=C(C)C(=O)[O-].C=CC(=C)C.C=CC(=C)C.C=Cc1ccccc1.O=S(=O)([O-])C=Cc1ccccc1.[Na+].[Na+]. The summed E-state index contributed by atoms with van der Waals surface area (Å²) in [7, 11) is -4.25. The number of carboxylic acids is 1. The second-order valence-electron chi connectivity index (χ2n) is 6.99. The van der Waals surface area contributed by atoms with E-state index < -0.39 is 16.1 Å². The van der Waals surface area contributed by atoms with Gasteiger partial charge in [-0.05, 0) is 43.5 Å². The Balaban J connectivity index is -0.000000124. The van der Waals surface area contributed by atoms with Crippen LogP contribution in [0.15, 0.2) is 134 Å². The number of benzene rings is 2. The third kappa shape index (κ3) is 41.1. The summed E-state index contributed by atoms with van der Waals surface area (Å²) in [5, 5.41) is 10.1. The molecule has 0 fully saturated rings. The molecule has 8 heteroatoms. The number of rotatable bonds is 6. The van der Waals surface area contributed by atoms with Gasteiger partial charge in [0, 0.05) is 5.41 Å². The van der Waals surface area contributed by atoms with E-state index in [4.69, 9.17) is 0 Å². The molecule has 0 radical (unpaired) electrons. The van der Waals surface area contributed by atoms with Gasteiger partial charge in [0.25, 0.3) is 0 Å². The van der Waals surface area contributed by atoms with E-state index in [1.165, 1.54) is 18.6 Å². The Bertz CT molecular complexity index is 1080. The van der Waals surface area contributed by atoms with Gasteiger partial charge in [-0.3, -0.25) is 0 Å². The predicted octanol–water partition coefficient (Wildman–Crippen LogP) is 0.350. The zero-order valence-corrected chi connectivity index (χ0v) is 28.2. The largest absolute Gasteiger partial charge is 1.00 e. The Morgan fingerprint density at radius 3 is 1.21 bits per heavy atom. The molecule has 0 aliphatic carbocycles. The topological polar surface area (TPSA) is 97.3 Å². The summed E-state index contributed by atoms with van der Waals surface area (Å²) >= 11 is 0. The van der Waals surface area contributed by atoms with E-state index in [2.05, 4.69) is 39.5 Å². The smallest absolute Gasteiger partial charge is 0.744 e. The molecule has 0 N–H and O–H groups in total. The fourth-order valence-corrected chi connectivity index (χ4v) is 1.64. The summed E-state index contributed by atoms with van der Waals surface area (Å²) in [4.78, 5) is 9.49. The predicted molar refractivity (Wildman–Crippen MR) is 152 cm³/mol. The first-order valence-corrected chi connectivity index (χ1v) is 12.0. The minimum absolute atomic E-state index is 0. The molecule has 0 bridgehead atoms. The first-order valence-electron chi connectivity index (χ1n) is 10.5. The molecule has 5 nitrogen and oxygen atoms in total. The van der Waals surface area contributed by atoms with Crippen LogP contribution in [0.3, 0.4) is 0 Å². The Hall–Kier alpha value is -2.00. The van der Waals surface area contributed by atoms with Crippen LogP contribution >= 0.6 is 0 Å². The molecule has 0 atom stereocenters. The minimum atomic E-state index is -4.25. The van der Waals surface area contributed by atoms with Gasteiger partial charge in [-0.25, -0.2) is 8.42 Å². The van der Waals surface area contributed by atoms with E-state index in [1.807, 2.05) is 56.3 Å². The van der Waals surface area contributed by atoms with Gasteiger partial charge in [-0.2, -0.15) is 0 Å². The Morgan fingerprint density at radius 2 is 1.03 bits per heavy atom. The molecule has 0 saturated heterocycles. The third-order valence-electron chi connectivity index (χ3n) is 3.31. The monoisotopic (exact) mass is 554 g/mol. The fraction of sp³-hybridized carbons (Fsp3) is 0.100. The molecule has 0 spiro atoms. The average molecular weight is 555 g/mol. The van der Waals surface area contributed by atoms with Crippen molar-refractivity contribution in [2.75, 3.05) is 0 Å². The van der Waals surface area contributed by atoms with Crippen LogP contribution in [0.25, 0.3) is 12.2 Å². The van der Waals surface area contributed by atoms with Crippen LogP contribution < -0.4 is 64.2 Å². The van der Waals surface area contributed by atoms with Crippen molar-refractivity contribution in [2.45, 2.75) is 20.8 Å². The van der Waals surface area contributed by atoms with E-state index in [1.54, 1.807) is 36.4 Å². The van der Waals surface area contributed by atoms with Crippen LogP contribution in [0.2, 0.25) is 0 Å². The van der Waals surface area contributed by atoms with Crippen molar-refractivity contribution in [1.82, 2.24) is 0 Å². The van der Waals surface area contributed by atoms with Crippen molar-refractivity contribution in [3.63, 3.8) is 0 Å². The van der Waals surface area contributed by atoms with Crippen molar-refractivity contribution in [3.05, 3.63) is 146 Å². The van der Waals surface area contributed by atoms with Gasteiger partial charge in [-0.15, -0.1) is 0 Å². The molecule has 0 aliphatic rings. The Labute approximate surface area is 274 Å². The van der Waals surface area contributed by atoms with Gasteiger partial charge in [0.1, 0.15) is 10.1 Å². The van der Waals surface area contributed by atoms with E-state index in [-0.39, 0.29) is 64.7 Å². The Kier molecular flexibility index (Phi) is 35.7. The van der Waals surface area contributed by atoms with Crippen molar-refractivity contribution in [3.8, 4) is 0 Å². The molecule has 0 amide bonds. The zero-order chi connectivity index (χ0) is 28.6. The molecule has 0 aromatic heterocycles. The number of allylic oxidation sites excluding steroid dienone is 4. The molecule has 38 heavy (non-hydrogen) atoms. The van der Waals surface area contributed by atoms with Gasteiger partial charge in [0.15, 0.2) is 0 Å². The van der Waals surface area contributed by atoms with E-state index in [0.717, 1.165) is 11.1 Å². The first-order chi connectivity index (χ1) is 16.7. The third-order valence-corrected chi connectivity index (χ3v) is 3.78. The molecule has 0 unspecified atom stereocenters. The number of carboxylic acid groups (broad SMARTS) is 1. The molecule has 2 aromatic rings. The standard InChI is InChI=1S/C8H8O3S.C8H8.2C5H8.C4H6O2.2Na/c9-12(10,11)7-6-8-4-2-1-3-5-8;1-2-8-6-4-3-5-7-8;2*1-4-5(2)3;1-3(2)4(5)6;;/h1-7H,(H,9,10,11);2-7H,1H2;2*4H,1-2H2,3H3;1H2,2H3,(H,5,6);;/q;;;;;2*+1/p-2. The van der Waals surface area contributed by atoms with Gasteiger partial charge in [-0.1, -0.05) is 130 Å². The van der Waals surface area contributed by atoms with Crippen LogP contribution in [-0.2, 0) is 14.9 Å². The van der Waals surface area contributed by atoms with Crippen LogP contribution in [0.5, 0.6) is 0 Å². The molecule has 0 saturated carbocycles. The average Bonchev–Trinajstić information content (AvgIpc) is 2.85. The summed E-state index contributed by atoms with van der Waals surface area (Å²) in [6.45, 7) is 26.0. The van der Waals surface area contributed by atoms with Crippen LogP contribution in [0.1, 0.15) is 31.9 Å². The molecule has 2 rings (SSSR count). The van der Waals surface area contributed by atoms with Crippen LogP contribution in [0, 0.1) is 0 Å². The number of hydrogen-bond acceptors (Lipinski definition) is 5. The summed E-state index contributed by atoms with van der Waals surface area (Å²) in [5.74, 6) is -1.19. The van der Waals surface area contributed by atoms with Gasteiger partial charge in [0.05, 0.1) is 5.97 Å². The van der Waals surface area contributed by atoms with E-state index in [9.17, 15) is 22.9 Å². The Morgan fingerprint density at radius 1 is 0.737 bits per heavy atom. The maximum absolute atomic E-state index is 10.2. The number of hydrogen-bond donors (Lipinski definition) is 0. The van der Waals surface area contributed by atoms with Gasteiger partial charge >= 0.3 is 59.1 Å². The maximum Gasteiger partial charge on any atom is 1.00 e. The van der Waals surface area contributed by atoms with Crippen LogP contribution in [0.4, 0.5) is 0 Å². The summed E-state index contributed by atoms with van der Waals surface area (Å²) in [5.41, 5.74) is 3.97. The van der Waals surface area contributed by atoms with Crippen molar-refractivity contribution >= 4 is 28.2 Å².